The third kappa shape index (κ3) is 15.1. The summed E-state index contributed by atoms with van der Waals surface area (Å²) in [6, 6.07) is 21.7. The summed E-state index contributed by atoms with van der Waals surface area (Å²) in [6.07, 6.45) is 10.9. The van der Waals surface area contributed by atoms with Crippen molar-refractivity contribution in [1.29, 1.82) is 0 Å². The van der Waals surface area contributed by atoms with Gasteiger partial charge in [-0.05, 0) is 160 Å². The highest BCUT2D eigenvalue weighted by molar-refractivity contribution is 6.30. The third-order valence-corrected chi connectivity index (χ3v) is 16.9. The zero-order chi connectivity index (χ0) is 56.5. The molecular formula is C62H78ClFN8O8. The second kappa shape index (κ2) is 26.8. The number of para-hydroxylation sites is 2. The third-order valence-electron chi connectivity index (χ3n) is 16.7. The average Bonchev–Trinajstić information content (AvgIpc) is 4.42. The number of halogens is 2. The number of fused-ring (bicyclic) bond motifs is 2. The van der Waals surface area contributed by atoms with Gasteiger partial charge in [-0.3, -0.25) is 28.8 Å². The van der Waals surface area contributed by atoms with Gasteiger partial charge in [-0.1, -0.05) is 72.3 Å². The Balaban J connectivity index is 0.000000194. The largest absolute Gasteiger partial charge is 0.489 e. The second-order valence-electron chi connectivity index (χ2n) is 22.6. The number of amides is 6. The van der Waals surface area contributed by atoms with Crippen LogP contribution in [0.2, 0.25) is 5.02 Å². The molecule has 16 nitrogen and oxygen atoms in total. The number of carbonyl (C=O) groups excluding carboxylic acids is 6. The molecule has 4 bridgehead atoms. The summed E-state index contributed by atoms with van der Waals surface area (Å²) in [5.74, 6) is 0.403. The molecule has 2 aliphatic carbocycles. The van der Waals surface area contributed by atoms with Gasteiger partial charge in [0.25, 0.3) is 0 Å². The Morgan fingerprint density at radius 2 is 0.912 bits per heavy atom. The summed E-state index contributed by atoms with van der Waals surface area (Å²) in [4.78, 5) is 83.4. The number of nitrogens with zero attached hydrogens (tertiary/aromatic N) is 2. The van der Waals surface area contributed by atoms with Gasteiger partial charge in [0.15, 0.2) is 0 Å². The van der Waals surface area contributed by atoms with Crippen LogP contribution in [0.25, 0.3) is 0 Å². The maximum absolute atomic E-state index is 13.6. The van der Waals surface area contributed by atoms with E-state index in [0.29, 0.717) is 44.0 Å². The fraction of sp³-hybridized carbons (Fsp3) is 0.516. The van der Waals surface area contributed by atoms with Crippen LogP contribution in [0.15, 0.2) is 84.9 Å². The van der Waals surface area contributed by atoms with Crippen molar-refractivity contribution in [2.24, 2.45) is 11.8 Å². The lowest BCUT2D eigenvalue weighted by Gasteiger charge is -2.32. The van der Waals surface area contributed by atoms with E-state index in [1.807, 2.05) is 18.2 Å². The molecule has 2 fully saturated rings. The monoisotopic (exact) mass is 1120 g/mol. The van der Waals surface area contributed by atoms with Crippen molar-refractivity contribution in [3.05, 3.63) is 129 Å². The number of carbonyl (C=O) groups is 6. The standard InChI is InChI=1S/C31H39ClN4O4.C31H39FN4O4/c2*1-19-29(37)35-26(17-20-8-13-24(32)14-9-20)30(38)33-16-4-7-22-5-3-6-23-12-15-25(40-28(22)23)18-34-27(21-10-11-21)31(39)36(19)2/h2*3,5-6,8-9,13-14,19,21,25-27,34H,4,7,10-12,15-18H2,1-2H3,(H,33,38)(H,35,37)/t2*19-,25?,26-,27+/m11/s1. The van der Waals surface area contributed by atoms with Crippen LogP contribution in [0, 0.1) is 17.7 Å². The van der Waals surface area contributed by atoms with Gasteiger partial charge >= 0.3 is 0 Å². The van der Waals surface area contributed by atoms with Gasteiger partial charge in [0, 0.05) is 58.1 Å². The normalized spacial score (nSPS) is 26.7. The summed E-state index contributed by atoms with van der Waals surface area (Å²) in [6.45, 7) is 5.41. The minimum atomic E-state index is -0.867. The highest BCUT2D eigenvalue weighted by Gasteiger charge is 2.42. The Kier molecular flexibility index (Phi) is 19.5. The summed E-state index contributed by atoms with van der Waals surface area (Å²) in [5.41, 5.74) is 6.24. The van der Waals surface area contributed by atoms with E-state index in [2.05, 4.69) is 62.2 Å². The molecule has 18 heteroatoms. The van der Waals surface area contributed by atoms with Gasteiger partial charge in [0.1, 0.15) is 53.7 Å². The number of ether oxygens (including phenoxy) is 2. The molecule has 428 valence electrons. The first kappa shape index (κ1) is 58.1. The molecule has 6 aliphatic rings. The Labute approximate surface area is 474 Å². The summed E-state index contributed by atoms with van der Waals surface area (Å²) < 4.78 is 26.4. The second-order valence-corrected chi connectivity index (χ2v) is 23.1. The van der Waals surface area contributed by atoms with Crippen molar-refractivity contribution >= 4 is 47.0 Å². The predicted octanol–water partition coefficient (Wildman–Crippen LogP) is 5.56. The molecule has 6 N–H and O–H groups in total. The van der Waals surface area contributed by atoms with Crippen molar-refractivity contribution in [2.45, 2.75) is 152 Å². The maximum Gasteiger partial charge on any atom is 0.243 e. The van der Waals surface area contributed by atoms with Crippen molar-refractivity contribution in [3.8, 4) is 11.5 Å². The SMILES string of the molecule is C[C@@H]1C(=O)N[C@H](Cc2ccc(Cl)cc2)C(=O)NCCCc2cccc3c2OC(CC3)CN[C@@H](C2CC2)C(=O)N1C.C[C@@H]1C(=O)N[C@H](Cc2ccc(F)cc2)C(=O)NCCCc2cccc3c2OC(CC3)CN[C@@H](C2CC2)C(=O)N1C. The number of likely N-dealkylation sites (N-methyl/N-ethyl adjacent to an activating group) is 2. The Bertz CT molecular complexity index is 2660. The van der Waals surface area contributed by atoms with Crippen LogP contribution in [-0.4, -0.2) is 134 Å². The summed E-state index contributed by atoms with van der Waals surface area (Å²) in [5, 5.41) is 19.3. The lowest BCUT2D eigenvalue weighted by molar-refractivity contribution is -0.141. The fourth-order valence-corrected chi connectivity index (χ4v) is 11.3. The molecule has 4 aliphatic heterocycles. The molecular weight excluding hydrogens is 1040 g/mol. The lowest BCUT2D eigenvalue weighted by atomic mass is 9.96. The number of rotatable bonds is 6. The molecule has 4 aromatic rings. The Hall–Kier alpha value is -6.56. The highest BCUT2D eigenvalue weighted by atomic mass is 35.5. The minimum absolute atomic E-state index is 0.0269. The van der Waals surface area contributed by atoms with Gasteiger partial charge in [-0.15, -0.1) is 0 Å². The Morgan fingerprint density at radius 1 is 0.525 bits per heavy atom. The van der Waals surface area contributed by atoms with Crippen molar-refractivity contribution < 1.29 is 42.6 Å². The quantitative estimate of drug-likeness (QED) is 0.142. The van der Waals surface area contributed by atoms with Crippen LogP contribution in [0.3, 0.4) is 0 Å². The van der Waals surface area contributed by atoms with Crippen molar-refractivity contribution in [3.63, 3.8) is 0 Å². The van der Waals surface area contributed by atoms with E-state index in [-0.39, 0.29) is 71.9 Å². The van der Waals surface area contributed by atoms with Gasteiger partial charge in [-0.25, -0.2) is 4.39 Å². The molecule has 0 saturated heterocycles. The van der Waals surface area contributed by atoms with Crippen LogP contribution in [0.1, 0.15) is 98.6 Å². The predicted molar refractivity (Wildman–Crippen MR) is 304 cm³/mol. The fourth-order valence-electron chi connectivity index (χ4n) is 11.1. The first-order valence-corrected chi connectivity index (χ1v) is 29.2. The first-order valence-electron chi connectivity index (χ1n) is 28.8. The number of hydrogen-bond acceptors (Lipinski definition) is 10. The minimum Gasteiger partial charge on any atom is -0.489 e. The average molecular weight is 1120 g/mol. The first-order chi connectivity index (χ1) is 38.6. The van der Waals surface area contributed by atoms with Crippen LogP contribution >= 0.6 is 11.6 Å². The molecule has 0 radical (unpaired) electrons. The van der Waals surface area contributed by atoms with E-state index in [1.165, 1.54) is 33.1 Å². The van der Waals surface area contributed by atoms with Crippen LogP contribution < -0.4 is 41.4 Å². The Morgan fingerprint density at radius 3 is 1.31 bits per heavy atom. The molecule has 4 aromatic carbocycles. The van der Waals surface area contributed by atoms with Gasteiger partial charge in [-0.2, -0.15) is 0 Å². The van der Waals surface area contributed by atoms with Crippen LogP contribution in [0.4, 0.5) is 4.39 Å². The molecule has 2 unspecified atom stereocenters. The van der Waals surface area contributed by atoms with Crippen molar-refractivity contribution in [2.75, 3.05) is 40.3 Å². The number of nitrogens with one attached hydrogen (secondary N) is 6. The molecule has 8 atom stereocenters. The van der Waals surface area contributed by atoms with Gasteiger partial charge < -0.3 is 51.2 Å². The zero-order valence-electron chi connectivity index (χ0n) is 46.5. The molecule has 2 saturated carbocycles. The molecule has 10 rings (SSSR count). The zero-order valence-corrected chi connectivity index (χ0v) is 47.3. The van der Waals surface area contributed by atoms with E-state index >= 15 is 0 Å². The molecule has 0 aromatic heterocycles. The molecule has 80 heavy (non-hydrogen) atoms. The maximum atomic E-state index is 13.6. The van der Waals surface area contributed by atoms with E-state index in [1.54, 1.807) is 52.2 Å². The summed E-state index contributed by atoms with van der Waals surface area (Å²) in [7, 11) is 3.30. The van der Waals surface area contributed by atoms with Crippen molar-refractivity contribution in [1.82, 2.24) is 41.7 Å². The van der Waals surface area contributed by atoms with Crippen LogP contribution in [-0.2, 0) is 67.3 Å². The van der Waals surface area contributed by atoms with Gasteiger partial charge in [0.2, 0.25) is 35.4 Å². The topological polar surface area (TPSA) is 200 Å². The number of hydrogen-bond donors (Lipinski definition) is 6. The summed E-state index contributed by atoms with van der Waals surface area (Å²) >= 11 is 6.05. The van der Waals surface area contributed by atoms with Crippen LogP contribution in [0.5, 0.6) is 11.5 Å². The smallest absolute Gasteiger partial charge is 0.243 e. The molecule has 4 heterocycles. The molecule has 6 amide bonds. The van der Waals surface area contributed by atoms with E-state index in [0.717, 1.165) is 104 Å². The number of aryl methyl sites for hydroxylation is 4. The van der Waals surface area contributed by atoms with E-state index in [4.69, 9.17) is 21.1 Å². The lowest BCUT2D eigenvalue weighted by Crippen LogP contribution is -2.57. The molecule has 0 spiro atoms. The van der Waals surface area contributed by atoms with E-state index < -0.39 is 36.1 Å². The number of benzene rings is 4. The highest BCUT2D eigenvalue weighted by Crippen LogP contribution is 2.37. The van der Waals surface area contributed by atoms with E-state index in [9.17, 15) is 33.2 Å². The van der Waals surface area contributed by atoms with Gasteiger partial charge in [0.05, 0.1) is 12.1 Å².